The molecule has 1 aliphatic heterocycles. The number of carbonyl (C=O) groups is 1. The van der Waals surface area contributed by atoms with E-state index in [4.69, 9.17) is 9.84 Å². The van der Waals surface area contributed by atoms with Gasteiger partial charge in [-0.25, -0.2) is 0 Å². The van der Waals surface area contributed by atoms with Gasteiger partial charge in [0.05, 0.1) is 7.11 Å². The topological polar surface area (TPSA) is 99.2 Å². The smallest absolute Gasteiger partial charge is 0.321 e. The van der Waals surface area contributed by atoms with Crippen molar-refractivity contribution in [2.75, 3.05) is 38.2 Å². The number of hydrogen-bond acceptors (Lipinski definition) is 5. The highest BCUT2D eigenvalue weighted by molar-refractivity contribution is 7.87. The summed E-state index contributed by atoms with van der Waals surface area (Å²) in [5.74, 6) is -0.365. The van der Waals surface area contributed by atoms with Gasteiger partial charge >= 0.3 is 5.97 Å². The van der Waals surface area contributed by atoms with Crippen LogP contribution in [0.25, 0.3) is 22.9 Å². The Morgan fingerprint density at radius 3 is 2.20 bits per heavy atom. The Labute approximate surface area is 205 Å². The molecule has 0 bridgehead atoms. The lowest BCUT2D eigenvalue weighted by atomic mass is 10.1. The van der Waals surface area contributed by atoms with Gasteiger partial charge in [-0.1, -0.05) is 42.5 Å². The number of fused-ring (bicyclic) bond motifs is 1. The van der Waals surface area contributed by atoms with E-state index in [1.165, 1.54) is 11.2 Å². The minimum Gasteiger partial charge on any atom is -0.497 e. The van der Waals surface area contributed by atoms with Crippen LogP contribution in [-0.4, -0.2) is 63.1 Å². The number of carboxylic acid groups (broad SMARTS) is 1. The average Bonchev–Trinajstić information content (AvgIpc) is 2.87. The van der Waals surface area contributed by atoms with Crippen LogP contribution in [0.15, 0.2) is 60.7 Å². The third-order valence-corrected chi connectivity index (χ3v) is 7.77. The monoisotopic (exact) mass is 495 g/mol. The van der Waals surface area contributed by atoms with Crippen molar-refractivity contribution in [3.8, 4) is 5.75 Å². The van der Waals surface area contributed by atoms with Gasteiger partial charge in [-0.3, -0.25) is 4.79 Å². The first kappa shape index (κ1) is 24.7. The lowest BCUT2D eigenvalue weighted by Crippen LogP contribution is -2.54. The van der Waals surface area contributed by atoms with Crippen molar-refractivity contribution in [1.82, 2.24) is 9.03 Å². The fraction of sp³-hybridized carbons (Fsp3) is 0.269. The Hall–Kier alpha value is -3.40. The van der Waals surface area contributed by atoms with E-state index in [-0.39, 0.29) is 13.1 Å². The molecule has 0 amide bonds. The standard InChI is InChI=1S/C26H29N3O5S/c1-19(26(30)31)27-35(32,33)29-15-13-28(14-16-29)24-10-6-20(7-11-24)3-4-21-5-8-23-18-25(34-2)12-9-22(23)17-21/h3-12,17-19,27H,13-16H2,1-2H3,(H,30,31)/t19-/m0/s1. The number of carboxylic acids is 1. The van der Waals surface area contributed by atoms with Gasteiger partial charge in [-0.05, 0) is 59.2 Å². The molecule has 1 fully saturated rings. The zero-order valence-electron chi connectivity index (χ0n) is 19.7. The zero-order chi connectivity index (χ0) is 25.0. The summed E-state index contributed by atoms with van der Waals surface area (Å²) in [6.07, 6.45) is 4.14. The van der Waals surface area contributed by atoms with Crippen LogP contribution in [0.4, 0.5) is 5.69 Å². The Morgan fingerprint density at radius 1 is 0.943 bits per heavy atom. The van der Waals surface area contributed by atoms with E-state index < -0.39 is 22.2 Å². The van der Waals surface area contributed by atoms with Crippen LogP contribution in [0, 0.1) is 0 Å². The molecular formula is C26H29N3O5S. The van der Waals surface area contributed by atoms with E-state index in [9.17, 15) is 13.2 Å². The number of rotatable bonds is 8. The number of aliphatic carboxylic acids is 1. The van der Waals surface area contributed by atoms with E-state index in [1.807, 2.05) is 42.5 Å². The van der Waals surface area contributed by atoms with Crippen LogP contribution < -0.4 is 14.4 Å². The lowest BCUT2D eigenvalue weighted by molar-refractivity contribution is -0.138. The van der Waals surface area contributed by atoms with Gasteiger partial charge in [-0.15, -0.1) is 0 Å². The highest BCUT2D eigenvalue weighted by Gasteiger charge is 2.29. The number of benzene rings is 3. The molecule has 0 aromatic heterocycles. The summed E-state index contributed by atoms with van der Waals surface area (Å²) in [4.78, 5) is 13.1. The molecule has 1 atom stereocenters. The molecule has 0 saturated carbocycles. The van der Waals surface area contributed by atoms with Crippen molar-refractivity contribution >= 4 is 44.8 Å². The molecule has 4 rings (SSSR count). The summed E-state index contributed by atoms with van der Waals surface area (Å²) in [5, 5.41) is 11.2. The van der Waals surface area contributed by atoms with Gasteiger partial charge in [0.1, 0.15) is 11.8 Å². The third-order valence-electron chi connectivity index (χ3n) is 6.07. The van der Waals surface area contributed by atoms with E-state index in [1.54, 1.807) is 7.11 Å². The minimum absolute atomic E-state index is 0.289. The first-order chi connectivity index (χ1) is 16.7. The minimum atomic E-state index is -3.83. The number of nitrogens with zero attached hydrogens (tertiary/aromatic N) is 2. The van der Waals surface area contributed by atoms with Gasteiger partial charge in [0.15, 0.2) is 0 Å². The molecule has 1 aliphatic rings. The van der Waals surface area contributed by atoms with E-state index >= 15 is 0 Å². The first-order valence-electron chi connectivity index (χ1n) is 11.4. The number of nitrogens with one attached hydrogen (secondary N) is 1. The molecular weight excluding hydrogens is 466 g/mol. The predicted molar refractivity (Wildman–Crippen MR) is 139 cm³/mol. The second-order valence-corrected chi connectivity index (χ2v) is 10.2. The molecule has 2 N–H and O–H groups in total. The number of anilines is 1. The van der Waals surface area contributed by atoms with Crippen LogP contribution in [0.1, 0.15) is 18.1 Å². The third kappa shape index (κ3) is 6.00. The lowest BCUT2D eigenvalue weighted by Gasteiger charge is -2.35. The number of hydrogen-bond donors (Lipinski definition) is 2. The molecule has 0 spiro atoms. The number of methoxy groups -OCH3 is 1. The van der Waals surface area contributed by atoms with Crippen molar-refractivity contribution in [2.45, 2.75) is 13.0 Å². The predicted octanol–water partition coefficient (Wildman–Crippen LogP) is 3.45. The summed E-state index contributed by atoms with van der Waals surface area (Å²) >= 11 is 0. The van der Waals surface area contributed by atoms with Crippen molar-refractivity contribution in [1.29, 1.82) is 0 Å². The quantitative estimate of drug-likeness (QED) is 0.465. The maximum absolute atomic E-state index is 12.4. The van der Waals surface area contributed by atoms with Gasteiger partial charge < -0.3 is 14.7 Å². The molecule has 35 heavy (non-hydrogen) atoms. The summed E-state index contributed by atoms with van der Waals surface area (Å²) < 4.78 is 33.6. The summed E-state index contributed by atoms with van der Waals surface area (Å²) in [6.45, 7) is 2.94. The second-order valence-electron chi connectivity index (χ2n) is 8.47. The Morgan fingerprint density at radius 2 is 1.54 bits per heavy atom. The summed E-state index contributed by atoms with van der Waals surface area (Å²) in [7, 11) is -2.17. The number of ether oxygens (including phenoxy) is 1. The Balaban J connectivity index is 1.36. The molecule has 0 radical (unpaired) electrons. The average molecular weight is 496 g/mol. The van der Waals surface area contributed by atoms with Gasteiger partial charge in [0.25, 0.3) is 10.2 Å². The van der Waals surface area contributed by atoms with E-state index in [2.05, 4.69) is 40.0 Å². The van der Waals surface area contributed by atoms with Crippen LogP contribution in [0.2, 0.25) is 0 Å². The van der Waals surface area contributed by atoms with E-state index in [0.29, 0.717) is 13.1 Å². The molecule has 1 saturated heterocycles. The molecule has 0 aliphatic carbocycles. The highest BCUT2D eigenvalue weighted by atomic mass is 32.2. The fourth-order valence-electron chi connectivity index (χ4n) is 4.00. The molecule has 0 unspecified atom stereocenters. The molecule has 3 aromatic carbocycles. The molecule has 8 nitrogen and oxygen atoms in total. The van der Waals surface area contributed by atoms with Crippen LogP contribution >= 0.6 is 0 Å². The van der Waals surface area contributed by atoms with Crippen molar-refractivity contribution in [3.05, 3.63) is 71.8 Å². The Kier molecular flexibility index (Phi) is 7.39. The Bertz CT molecular complexity index is 1330. The van der Waals surface area contributed by atoms with Gasteiger partial charge in [0, 0.05) is 31.9 Å². The maximum atomic E-state index is 12.4. The summed E-state index contributed by atoms with van der Waals surface area (Å²) in [6, 6.07) is 19.3. The van der Waals surface area contributed by atoms with Crippen molar-refractivity contribution in [3.63, 3.8) is 0 Å². The summed E-state index contributed by atoms with van der Waals surface area (Å²) in [5.41, 5.74) is 3.19. The SMILES string of the molecule is COc1ccc2cc(C=Cc3ccc(N4CCN(S(=O)(=O)N[C@@H](C)C(=O)O)CC4)cc3)ccc2c1. The van der Waals surface area contributed by atoms with Crippen molar-refractivity contribution < 1.29 is 23.1 Å². The van der Waals surface area contributed by atoms with Gasteiger partial charge in [-0.2, -0.15) is 17.4 Å². The first-order valence-corrected chi connectivity index (χ1v) is 12.8. The number of piperazine rings is 1. The molecule has 1 heterocycles. The fourth-order valence-corrected chi connectivity index (χ4v) is 5.34. The molecule has 3 aromatic rings. The zero-order valence-corrected chi connectivity index (χ0v) is 20.5. The van der Waals surface area contributed by atoms with Crippen LogP contribution in [-0.2, 0) is 15.0 Å². The highest BCUT2D eigenvalue weighted by Crippen LogP contribution is 2.23. The normalized spacial score (nSPS) is 16.0. The van der Waals surface area contributed by atoms with Crippen molar-refractivity contribution in [2.24, 2.45) is 0 Å². The van der Waals surface area contributed by atoms with E-state index in [0.717, 1.165) is 33.3 Å². The molecule has 9 heteroatoms. The van der Waals surface area contributed by atoms with Crippen LogP contribution in [0.3, 0.4) is 0 Å². The largest absolute Gasteiger partial charge is 0.497 e. The van der Waals surface area contributed by atoms with Gasteiger partial charge in [0.2, 0.25) is 0 Å². The second kappa shape index (κ2) is 10.5. The maximum Gasteiger partial charge on any atom is 0.321 e. The molecule has 184 valence electrons. The van der Waals surface area contributed by atoms with Crippen LogP contribution in [0.5, 0.6) is 5.75 Å².